The lowest BCUT2D eigenvalue weighted by atomic mass is 9.96. The van der Waals surface area contributed by atoms with Crippen LogP contribution >= 0.6 is 31.9 Å². The lowest BCUT2D eigenvalue weighted by Gasteiger charge is -2.31. The molecule has 0 radical (unpaired) electrons. The Morgan fingerprint density at radius 2 is 1.92 bits per heavy atom. The van der Waals surface area contributed by atoms with Crippen molar-refractivity contribution < 1.29 is 22.3 Å². The molecule has 2 heterocycles. The number of halogens is 3. The smallest absolute Gasteiger partial charge is 0.244 e. The van der Waals surface area contributed by atoms with Crippen molar-refractivity contribution in [2.75, 3.05) is 13.1 Å². The normalized spacial score (nSPS) is 15.9. The first-order valence-electron chi connectivity index (χ1n) is 11.3. The minimum atomic E-state index is -3.69. The number of hydrogen-bond donors (Lipinski definition) is 1. The predicted octanol–water partition coefficient (Wildman–Crippen LogP) is 5.82. The number of sulfonamides is 1. The number of carbonyl (C=O) groups excluding carboxylic acids is 1. The second-order valence-corrected chi connectivity index (χ2v) is 12.1. The van der Waals surface area contributed by atoms with Crippen LogP contribution in [0.3, 0.4) is 0 Å². The number of benzene rings is 2. The fraction of sp³-hybridized carbons (Fsp3) is 0.280. The number of pyridine rings is 1. The predicted molar refractivity (Wildman–Crippen MR) is 141 cm³/mol. The van der Waals surface area contributed by atoms with Crippen LogP contribution in [0.2, 0.25) is 0 Å². The summed E-state index contributed by atoms with van der Waals surface area (Å²) in [6, 6.07) is 12.5. The molecule has 1 unspecified atom stereocenters. The van der Waals surface area contributed by atoms with E-state index in [0.717, 1.165) is 0 Å². The maximum Gasteiger partial charge on any atom is 0.244 e. The van der Waals surface area contributed by atoms with E-state index in [4.69, 9.17) is 4.74 Å². The number of hydrogen-bond acceptors (Lipinski definition) is 5. The highest BCUT2D eigenvalue weighted by molar-refractivity contribution is 9.11. The Kier molecular flexibility index (Phi) is 8.44. The van der Waals surface area contributed by atoms with Gasteiger partial charge in [0.15, 0.2) is 11.6 Å². The van der Waals surface area contributed by atoms with Crippen molar-refractivity contribution in [2.24, 2.45) is 5.92 Å². The van der Waals surface area contributed by atoms with Crippen LogP contribution in [0.25, 0.3) is 0 Å². The molecule has 7 nitrogen and oxygen atoms in total. The van der Waals surface area contributed by atoms with Crippen LogP contribution in [-0.2, 0) is 14.8 Å². The summed E-state index contributed by atoms with van der Waals surface area (Å²) in [4.78, 5) is 17.0. The van der Waals surface area contributed by atoms with Gasteiger partial charge in [-0.05, 0) is 83.7 Å². The number of amides is 1. The van der Waals surface area contributed by atoms with Crippen molar-refractivity contribution in [3.8, 4) is 11.5 Å². The zero-order valence-corrected chi connectivity index (χ0v) is 23.3. The van der Waals surface area contributed by atoms with E-state index in [0.29, 0.717) is 33.1 Å². The van der Waals surface area contributed by atoms with Crippen LogP contribution in [0, 0.1) is 11.7 Å². The molecule has 1 fully saturated rings. The minimum Gasteiger partial charge on any atom is -0.453 e. The molecule has 4 rings (SSSR count). The molecule has 1 aliphatic rings. The standard InChI is InChI=1S/C25H24Br2FN3O4S/c1-16(18-4-7-23(22(28)13-18)35-20-3-2-10-29-15-20)30-25(32)17-8-11-31(12-9-17)36(33,34)24-14-19(26)5-6-21(24)27/h2-7,10,13-17H,8-9,11-12H2,1H3,(H,30,32). The van der Waals surface area contributed by atoms with E-state index in [1.807, 2.05) is 0 Å². The summed E-state index contributed by atoms with van der Waals surface area (Å²) in [6.07, 6.45) is 3.89. The summed E-state index contributed by atoms with van der Waals surface area (Å²) in [7, 11) is -3.69. The average Bonchev–Trinajstić information content (AvgIpc) is 2.87. The summed E-state index contributed by atoms with van der Waals surface area (Å²) < 4.78 is 48.9. The first-order chi connectivity index (χ1) is 17.1. The highest BCUT2D eigenvalue weighted by atomic mass is 79.9. The van der Waals surface area contributed by atoms with Crippen molar-refractivity contribution in [1.29, 1.82) is 0 Å². The Balaban J connectivity index is 1.35. The van der Waals surface area contributed by atoms with E-state index in [1.165, 1.54) is 22.6 Å². The van der Waals surface area contributed by atoms with Crippen molar-refractivity contribution in [2.45, 2.75) is 30.7 Å². The van der Waals surface area contributed by atoms with E-state index in [1.54, 1.807) is 49.5 Å². The van der Waals surface area contributed by atoms with Crippen LogP contribution in [0.1, 0.15) is 31.4 Å². The zero-order valence-electron chi connectivity index (χ0n) is 19.3. The number of rotatable bonds is 7. The van der Waals surface area contributed by atoms with E-state index >= 15 is 0 Å². The maximum atomic E-state index is 14.6. The molecule has 0 saturated carbocycles. The number of carbonyl (C=O) groups is 1. The van der Waals surface area contributed by atoms with E-state index < -0.39 is 21.9 Å². The van der Waals surface area contributed by atoms with Crippen molar-refractivity contribution in [3.63, 3.8) is 0 Å². The zero-order chi connectivity index (χ0) is 25.9. The molecular weight excluding hydrogens is 617 g/mol. The van der Waals surface area contributed by atoms with E-state index in [-0.39, 0.29) is 35.6 Å². The monoisotopic (exact) mass is 639 g/mol. The Labute approximate surface area is 226 Å². The first-order valence-corrected chi connectivity index (χ1v) is 14.3. The third-order valence-corrected chi connectivity index (χ3v) is 9.40. The van der Waals surface area contributed by atoms with Gasteiger partial charge in [0.1, 0.15) is 5.75 Å². The molecule has 3 aromatic rings. The van der Waals surface area contributed by atoms with Crippen LogP contribution < -0.4 is 10.1 Å². The van der Waals surface area contributed by atoms with E-state index in [2.05, 4.69) is 42.2 Å². The Morgan fingerprint density at radius 1 is 1.17 bits per heavy atom. The molecule has 1 amide bonds. The maximum absolute atomic E-state index is 14.6. The third kappa shape index (κ3) is 6.13. The van der Waals surface area contributed by atoms with Gasteiger partial charge >= 0.3 is 0 Å². The SMILES string of the molecule is CC(NC(=O)C1CCN(S(=O)(=O)c2cc(Br)ccc2Br)CC1)c1ccc(Oc2cccnc2)c(F)c1. The van der Waals surface area contributed by atoms with Crippen LogP contribution in [0.5, 0.6) is 11.5 Å². The summed E-state index contributed by atoms with van der Waals surface area (Å²) in [5.41, 5.74) is 0.596. The number of piperidine rings is 1. The number of aromatic nitrogens is 1. The topological polar surface area (TPSA) is 88.6 Å². The molecular formula is C25H24Br2FN3O4S. The molecule has 11 heteroatoms. The molecule has 190 valence electrons. The largest absolute Gasteiger partial charge is 0.453 e. The lowest BCUT2D eigenvalue weighted by Crippen LogP contribution is -2.43. The van der Waals surface area contributed by atoms with Gasteiger partial charge in [-0.15, -0.1) is 0 Å². The van der Waals surface area contributed by atoms with Gasteiger partial charge in [-0.2, -0.15) is 4.31 Å². The van der Waals surface area contributed by atoms with Crippen LogP contribution in [0.15, 0.2) is 74.8 Å². The van der Waals surface area contributed by atoms with Gasteiger partial charge in [-0.25, -0.2) is 12.8 Å². The number of nitrogens with zero attached hydrogens (tertiary/aromatic N) is 2. The average molecular weight is 641 g/mol. The molecule has 1 atom stereocenters. The molecule has 1 aromatic heterocycles. The summed E-state index contributed by atoms with van der Waals surface area (Å²) in [5, 5.41) is 2.93. The second kappa shape index (κ2) is 11.4. The highest BCUT2D eigenvalue weighted by Crippen LogP contribution is 2.31. The summed E-state index contributed by atoms with van der Waals surface area (Å²) in [6.45, 7) is 2.25. The van der Waals surface area contributed by atoms with Crippen LogP contribution in [-0.4, -0.2) is 36.7 Å². The summed E-state index contributed by atoms with van der Waals surface area (Å²) in [5.74, 6) is -0.570. The second-order valence-electron chi connectivity index (χ2n) is 8.46. The molecule has 1 N–H and O–H groups in total. The summed E-state index contributed by atoms with van der Waals surface area (Å²) >= 11 is 6.63. The lowest BCUT2D eigenvalue weighted by molar-refractivity contribution is -0.126. The quantitative estimate of drug-likeness (QED) is 0.352. The van der Waals surface area contributed by atoms with Gasteiger partial charge in [-0.1, -0.05) is 22.0 Å². The Hall–Kier alpha value is -2.34. The van der Waals surface area contributed by atoms with Gasteiger partial charge < -0.3 is 10.1 Å². The van der Waals surface area contributed by atoms with Crippen molar-refractivity contribution >= 4 is 47.8 Å². The van der Waals surface area contributed by atoms with Gasteiger partial charge in [-0.3, -0.25) is 9.78 Å². The highest BCUT2D eigenvalue weighted by Gasteiger charge is 2.33. The van der Waals surface area contributed by atoms with Crippen molar-refractivity contribution in [3.05, 3.63) is 81.3 Å². The first kappa shape index (κ1) is 26.7. The number of nitrogens with one attached hydrogen (secondary N) is 1. The fourth-order valence-electron chi connectivity index (χ4n) is 3.99. The van der Waals surface area contributed by atoms with E-state index in [9.17, 15) is 17.6 Å². The minimum absolute atomic E-state index is 0.0657. The van der Waals surface area contributed by atoms with Gasteiger partial charge in [0.05, 0.1) is 17.1 Å². The molecule has 0 spiro atoms. The molecule has 0 aliphatic carbocycles. The Morgan fingerprint density at radius 3 is 2.58 bits per heavy atom. The van der Waals surface area contributed by atoms with Gasteiger partial charge in [0.2, 0.25) is 15.9 Å². The molecule has 36 heavy (non-hydrogen) atoms. The molecule has 2 aromatic carbocycles. The molecule has 0 bridgehead atoms. The van der Waals surface area contributed by atoms with Gasteiger partial charge in [0.25, 0.3) is 0 Å². The fourth-order valence-corrected chi connectivity index (χ4v) is 6.92. The number of ether oxygens (including phenoxy) is 1. The van der Waals surface area contributed by atoms with Crippen molar-refractivity contribution in [1.82, 2.24) is 14.6 Å². The van der Waals surface area contributed by atoms with Gasteiger partial charge in [0, 0.05) is 34.1 Å². The Bertz CT molecular complexity index is 1350. The molecule has 1 saturated heterocycles. The molecule has 1 aliphatic heterocycles. The third-order valence-electron chi connectivity index (χ3n) is 6.01. The van der Waals surface area contributed by atoms with Crippen LogP contribution in [0.4, 0.5) is 4.39 Å².